The summed E-state index contributed by atoms with van der Waals surface area (Å²) in [6.45, 7) is 4.18. The Hall–Kier alpha value is -1.87. The molecule has 1 aliphatic heterocycles. The van der Waals surface area contributed by atoms with Gasteiger partial charge in [-0.25, -0.2) is 0 Å². The van der Waals surface area contributed by atoms with Gasteiger partial charge in [-0.15, -0.1) is 0 Å². The Labute approximate surface area is 120 Å². The normalized spacial score (nSPS) is 22.4. The van der Waals surface area contributed by atoms with Crippen molar-refractivity contribution in [3.8, 4) is 16.9 Å². The van der Waals surface area contributed by atoms with Crippen molar-refractivity contribution >= 4 is 0 Å². The first-order chi connectivity index (χ1) is 9.75. The maximum Gasteiger partial charge on any atom is 0.120 e. The van der Waals surface area contributed by atoms with Crippen molar-refractivity contribution < 1.29 is 4.74 Å². The number of hydrogen-bond donors (Lipinski definition) is 1. The summed E-state index contributed by atoms with van der Waals surface area (Å²) in [7, 11) is 0. The number of nitrogens with one attached hydrogen (secondary N) is 1. The summed E-state index contributed by atoms with van der Waals surface area (Å²) in [4.78, 5) is 4.06. The van der Waals surface area contributed by atoms with Crippen molar-refractivity contribution in [2.75, 3.05) is 13.1 Å². The highest BCUT2D eigenvalue weighted by atomic mass is 16.5. The van der Waals surface area contributed by atoms with Gasteiger partial charge in [0.2, 0.25) is 0 Å². The van der Waals surface area contributed by atoms with E-state index >= 15 is 0 Å². The molecule has 3 heteroatoms. The first-order valence-corrected chi connectivity index (χ1v) is 7.15. The van der Waals surface area contributed by atoms with E-state index in [0.717, 1.165) is 36.4 Å². The molecule has 20 heavy (non-hydrogen) atoms. The minimum absolute atomic E-state index is 0.102. The standard InChI is InChI=1S/C17H20N2O/c1-17(8-3-9-19-13-17)20-16-5-2-4-15(12-16)14-6-10-18-11-7-14/h2,4-7,10-12,19H,3,8-9,13H2,1H3. The lowest BCUT2D eigenvalue weighted by molar-refractivity contribution is 0.0615. The molecule has 0 bridgehead atoms. The van der Waals surface area contributed by atoms with Gasteiger partial charge >= 0.3 is 0 Å². The Morgan fingerprint density at radius 1 is 1.15 bits per heavy atom. The van der Waals surface area contributed by atoms with Crippen LogP contribution in [0.4, 0.5) is 0 Å². The first kappa shape index (κ1) is 13.1. The number of pyridine rings is 1. The third kappa shape index (κ3) is 2.99. The lowest BCUT2D eigenvalue weighted by Crippen LogP contribution is -2.47. The van der Waals surface area contributed by atoms with Crippen molar-refractivity contribution in [3.05, 3.63) is 48.8 Å². The van der Waals surface area contributed by atoms with Gasteiger partial charge in [-0.3, -0.25) is 4.98 Å². The Bertz CT molecular complexity index is 562. The largest absolute Gasteiger partial charge is 0.486 e. The Kier molecular flexibility index (Phi) is 3.70. The molecule has 104 valence electrons. The van der Waals surface area contributed by atoms with E-state index < -0.39 is 0 Å². The summed E-state index contributed by atoms with van der Waals surface area (Å²) >= 11 is 0. The fourth-order valence-electron chi connectivity index (χ4n) is 2.68. The van der Waals surface area contributed by atoms with Crippen LogP contribution >= 0.6 is 0 Å². The lowest BCUT2D eigenvalue weighted by atomic mass is 9.96. The maximum absolute atomic E-state index is 6.23. The van der Waals surface area contributed by atoms with E-state index in [1.54, 1.807) is 0 Å². The molecule has 1 fully saturated rings. The molecule has 1 aromatic heterocycles. The van der Waals surface area contributed by atoms with Gasteiger partial charge in [0.25, 0.3) is 0 Å². The van der Waals surface area contributed by atoms with Crippen LogP contribution in [0.1, 0.15) is 19.8 Å². The predicted octanol–water partition coefficient (Wildman–Crippen LogP) is 3.27. The van der Waals surface area contributed by atoms with Gasteiger partial charge in [-0.2, -0.15) is 0 Å². The average molecular weight is 268 g/mol. The quantitative estimate of drug-likeness (QED) is 0.927. The third-order valence-corrected chi connectivity index (χ3v) is 3.77. The predicted molar refractivity (Wildman–Crippen MR) is 80.8 cm³/mol. The molecule has 2 aromatic rings. The van der Waals surface area contributed by atoms with Gasteiger partial charge in [0.1, 0.15) is 11.4 Å². The van der Waals surface area contributed by atoms with Crippen molar-refractivity contribution in [1.82, 2.24) is 10.3 Å². The summed E-state index contributed by atoms with van der Waals surface area (Å²) in [5.41, 5.74) is 2.23. The Balaban J connectivity index is 1.81. The fraction of sp³-hybridized carbons (Fsp3) is 0.353. The molecule has 3 nitrogen and oxygen atoms in total. The van der Waals surface area contributed by atoms with Crippen molar-refractivity contribution in [3.63, 3.8) is 0 Å². The van der Waals surface area contributed by atoms with Crippen molar-refractivity contribution in [1.29, 1.82) is 0 Å². The molecule has 1 unspecified atom stereocenters. The van der Waals surface area contributed by atoms with E-state index in [1.807, 2.05) is 36.7 Å². The highest BCUT2D eigenvalue weighted by Crippen LogP contribution is 2.28. The fourth-order valence-corrected chi connectivity index (χ4v) is 2.68. The van der Waals surface area contributed by atoms with Gasteiger partial charge < -0.3 is 10.1 Å². The number of benzene rings is 1. The van der Waals surface area contributed by atoms with Crippen LogP contribution in [0.25, 0.3) is 11.1 Å². The Morgan fingerprint density at radius 2 is 2.00 bits per heavy atom. The molecular formula is C17H20N2O. The molecule has 0 spiro atoms. The molecule has 0 radical (unpaired) electrons. The number of rotatable bonds is 3. The van der Waals surface area contributed by atoms with Crippen molar-refractivity contribution in [2.45, 2.75) is 25.4 Å². The summed E-state index contributed by atoms with van der Waals surface area (Å²) in [5.74, 6) is 0.936. The highest BCUT2D eigenvalue weighted by Gasteiger charge is 2.28. The lowest BCUT2D eigenvalue weighted by Gasteiger charge is -2.34. The number of hydrogen-bond acceptors (Lipinski definition) is 3. The number of aromatic nitrogens is 1. The van der Waals surface area contributed by atoms with E-state index in [2.05, 4.69) is 29.4 Å². The molecule has 1 aromatic carbocycles. The van der Waals surface area contributed by atoms with E-state index in [9.17, 15) is 0 Å². The minimum Gasteiger partial charge on any atom is -0.486 e. The van der Waals surface area contributed by atoms with Crippen LogP contribution in [0.5, 0.6) is 5.75 Å². The van der Waals surface area contributed by atoms with Gasteiger partial charge in [0.15, 0.2) is 0 Å². The van der Waals surface area contributed by atoms with Crippen LogP contribution in [-0.4, -0.2) is 23.7 Å². The summed E-state index contributed by atoms with van der Waals surface area (Å²) < 4.78 is 6.23. The second kappa shape index (κ2) is 5.63. The first-order valence-electron chi connectivity index (χ1n) is 7.15. The molecule has 0 amide bonds. The zero-order valence-electron chi connectivity index (χ0n) is 11.8. The Morgan fingerprint density at radius 3 is 2.75 bits per heavy atom. The van der Waals surface area contributed by atoms with Crippen LogP contribution in [0.15, 0.2) is 48.8 Å². The second-order valence-corrected chi connectivity index (χ2v) is 5.60. The number of piperidine rings is 1. The molecule has 2 heterocycles. The smallest absolute Gasteiger partial charge is 0.120 e. The van der Waals surface area contributed by atoms with Gasteiger partial charge in [0.05, 0.1) is 0 Å². The third-order valence-electron chi connectivity index (χ3n) is 3.77. The van der Waals surface area contributed by atoms with Crippen LogP contribution in [0.3, 0.4) is 0 Å². The number of ether oxygens (including phenoxy) is 1. The maximum atomic E-state index is 6.23. The molecular weight excluding hydrogens is 248 g/mol. The monoisotopic (exact) mass is 268 g/mol. The van der Waals surface area contributed by atoms with Crippen LogP contribution in [0.2, 0.25) is 0 Å². The highest BCUT2D eigenvalue weighted by molar-refractivity contribution is 5.64. The molecule has 1 N–H and O–H groups in total. The van der Waals surface area contributed by atoms with E-state index in [4.69, 9.17) is 4.74 Å². The zero-order valence-corrected chi connectivity index (χ0v) is 11.8. The molecule has 0 saturated carbocycles. The van der Waals surface area contributed by atoms with E-state index in [0.29, 0.717) is 0 Å². The zero-order chi connectivity index (χ0) is 13.8. The van der Waals surface area contributed by atoms with E-state index in [1.165, 1.54) is 6.42 Å². The topological polar surface area (TPSA) is 34.1 Å². The van der Waals surface area contributed by atoms with Gasteiger partial charge in [-0.1, -0.05) is 12.1 Å². The SMILES string of the molecule is CC1(Oc2cccc(-c3ccncc3)c2)CCCNC1. The molecule has 1 aliphatic rings. The summed E-state index contributed by atoms with van der Waals surface area (Å²) in [6, 6.07) is 12.3. The summed E-state index contributed by atoms with van der Waals surface area (Å²) in [6.07, 6.45) is 5.89. The summed E-state index contributed by atoms with van der Waals surface area (Å²) in [5, 5.41) is 3.41. The van der Waals surface area contributed by atoms with Crippen LogP contribution < -0.4 is 10.1 Å². The van der Waals surface area contributed by atoms with E-state index in [-0.39, 0.29) is 5.60 Å². The molecule has 0 aliphatic carbocycles. The van der Waals surface area contributed by atoms with Crippen LogP contribution in [-0.2, 0) is 0 Å². The van der Waals surface area contributed by atoms with Gasteiger partial charge in [-0.05, 0) is 61.7 Å². The second-order valence-electron chi connectivity index (χ2n) is 5.60. The van der Waals surface area contributed by atoms with Gasteiger partial charge in [0, 0.05) is 18.9 Å². The van der Waals surface area contributed by atoms with Crippen molar-refractivity contribution in [2.24, 2.45) is 0 Å². The number of nitrogens with zero attached hydrogens (tertiary/aromatic N) is 1. The molecule has 1 saturated heterocycles. The van der Waals surface area contributed by atoms with Crippen LogP contribution in [0, 0.1) is 0 Å². The minimum atomic E-state index is -0.102. The average Bonchev–Trinajstić information content (AvgIpc) is 2.49. The molecule has 1 atom stereocenters. The molecule has 3 rings (SSSR count).